The Bertz CT molecular complexity index is 1040. The van der Waals surface area contributed by atoms with Crippen LogP contribution in [0.15, 0.2) is 36.5 Å². The Morgan fingerprint density at radius 2 is 0.750 bits per heavy atom. The van der Waals surface area contributed by atoms with Gasteiger partial charge >= 0.3 is 5.97 Å². The number of aliphatic hydroxyl groups excluding tert-OH is 2. The van der Waals surface area contributed by atoms with E-state index in [-0.39, 0.29) is 18.5 Å². The largest absolute Gasteiger partial charge is 0.466 e. The van der Waals surface area contributed by atoms with Gasteiger partial charge in [-0.05, 0) is 77.0 Å². The predicted molar refractivity (Wildman–Crippen MR) is 278 cm³/mol. The molecule has 2 unspecified atom stereocenters. The molecule has 0 heterocycles. The number of ether oxygens (including phenoxy) is 1. The molecule has 0 saturated heterocycles. The van der Waals surface area contributed by atoms with E-state index in [9.17, 15) is 19.8 Å². The molecular weight excluding hydrogens is 791 g/mol. The molecule has 6 heteroatoms. The monoisotopic (exact) mass is 900 g/mol. The molecule has 6 nitrogen and oxygen atoms in total. The SMILES string of the molecule is CCCC/C=C\CCCCCCCC(=O)OCCCCCC/C=C\CCCCCCCCCC(=O)NC(CO)C(O)/C=C/CCCCCCCCCCCCCCCCCCCCC. The molecule has 64 heavy (non-hydrogen) atoms. The van der Waals surface area contributed by atoms with Gasteiger partial charge in [0.2, 0.25) is 5.91 Å². The third-order valence-electron chi connectivity index (χ3n) is 12.9. The van der Waals surface area contributed by atoms with Crippen LogP contribution in [0.1, 0.15) is 296 Å². The number of carbonyl (C=O) groups is 2. The number of hydrogen-bond acceptors (Lipinski definition) is 5. The van der Waals surface area contributed by atoms with E-state index < -0.39 is 12.1 Å². The summed E-state index contributed by atoms with van der Waals surface area (Å²) in [6, 6.07) is -0.640. The van der Waals surface area contributed by atoms with Crippen LogP contribution in [0.2, 0.25) is 0 Å². The first-order valence-electron chi connectivity index (χ1n) is 28.3. The number of esters is 1. The first-order valence-corrected chi connectivity index (χ1v) is 28.3. The van der Waals surface area contributed by atoms with E-state index in [1.165, 1.54) is 199 Å². The number of allylic oxidation sites excluding steroid dienone is 5. The lowest BCUT2D eigenvalue weighted by atomic mass is 10.0. The quantitative estimate of drug-likeness (QED) is 0.0321. The van der Waals surface area contributed by atoms with Gasteiger partial charge in [-0.15, -0.1) is 0 Å². The van der Waals surface area contributed by atoms with Gasteiger partial charge in [0.1, 0.15) is 0 Å². The van der Waals surface area contributed by atoms with E-state index in [2.05, 4.69) is 43.5 Å². The summed E-state index contributed by atoms with van der Waals surface area (Å²) in [5.74, 6) is -0.104. The van der Waals surface area contributed by atoms with Crippen LogP contribution in [0.4, 0.5) is 0 Å². The van der Waals surface area contributed by atoms with Crippen molar-refractivity contribution in [1.29, 1.82) is 0 Å². The molecule has 0 rings (SSSR count). The maximum absolute atomic E-state index is 12.5. The van der Waals surface area contributed by atoms with Gasteiger partial charge in [-0.3, -0.25) is 9.59 Å². The first-order chi connectivity index (χ1) is 31.5. The molecule has 0 fully saturated rings. The summed E-state index contributed by atoms with van der Waals surface area (Å²) in [5.41, 5.74) is 0. The van der Waals surface area contributed by atoms with Crippen LogP contribution in [0.5, 0.6) is 0 Å². The van der Waals surface area contributed by atoms with Crippen LogP contribution in [0, 0.1) is 0 Å². The lowest BCUT2D eigenvalue weighted by Crippen LogP contribution is -2.45. The first kappa shape index (κ1) is 62.1. The molecule has 0 aromatic heterocycles. The van der Waals surface area contributed by atoms with Gasteiger partial charge in [-0.1, -0.05) is 243 Å². The van der Waals surface area contributed by atoms with Crippen LogP contribution < -0.4 is 5.32 Å². The summed E-state index contributed by atoms with van der Waals surface area (Å²) in [6.07, 6.45) is 65.9. The number of hydrogen-bond donors (Lipinski definition) is 3. The van der Waals surface area contributed by atoms with Gasteiger partial charge < -0.3 is 20.3 Å². The summed E-state index contributed by atoms with van der Waals surface area (Å²) in [4.78, 5) is 24.4. The summed E-state index contributed by atoms with van der Waals surface area (Å²) >= 11 is 0. The number of unbranched alkanes of at least 4 members (excludes halogenated alkanes) is 37. The summed E-state index contributed by atoms with van der Waals surface area (Å²) in [6.45, 7) is 4.84. The molecule has 0 radical (unpaired) electrons. The van der Waals surface area contributed by atoms with Gasteiger partial charge in [-0.25, -0.2) is 0 Å². The van der Waals surface area contributed by atoms with Gasteiger partial charge in [-0.2, -0.15) is 0 Å². The third-order valence-corrected chi connectivity index (χ3v) is 12.9. The minimum atomic E-state index is -0.856. The average Bonchev–Trinajstić information content (AvgIpc) is 3.29. The third kappa shape index (κ3) is 49.5. The lowest BCUT2D eigenvalue weighted by Gasteiger charge is -2.20. The molecule has 1 amide bonds. The van der Waals surface area contributed by atoms with E-state index in [0.717, 1.165) is 70.6 Å². The van der Waals surface area contributed by atoms with Crippen LogP contribution in [0.25, 0.3) is 0 Å². The zero-order valence-corrected chi connectivity index (χ0v) is 42.8. The van der Waals surface area contributed by atoms with E-state index in [1.54, 1.807) is 6.08 Å². The summed E-state index contributed by atoms with van der Waals surface area (Å²) in [5, 5.41) is 23.2. The van der Waals surface area contributed by atoms with E-state index in [0.29, 0.717) is 19.4 Å². The topological polar surface area (TPSA) is 95.9 Å². The normalized spacial score (nSPS) is 12.9. The molecule has 0 aliphatic carbocycles. The lowest BCUT2D eigenvalue weighted by molar-refractivity contribution is -0.143. The molecule has 376 valence electrons. The number of rotatable bonds is 52. The number of amides is 1. The van der Waals surface area contributed by atoms with Gasteiger partial charge in [0.05, 0.1) is 25.4 Å². The Balaban J connectivity index is 3.52. The van der Waals surface area contributed by atoms with Crippen molar-refractivity contribution >= 4 is 11.9 Å². The minimum Gasteiger partial charge on any atom is -0.466 e. The highest BCUT2D eigenvalue weighted by atomic mass is 16.5. The van der Waals surface area contributed by atoms with E-state index in [1.807, 2.05) is 6.08 Å². The molecule has 0 spiro atoms. The number of nitrogens with one attached hydrogen (secondary N) is 1. The molecule has 0 saturated carbocycles. The Labute approximate surface area is 398 Å². The molecular formula is C58H109NO5. The molecule has 3 N–H and O–H groups in total. The fourth-order valence-corrected chi connectivity index (χ4v) is 8.49. The van der Waals surface area contributed by atoms with Crippen molar-refractivity contribution in [1.82, 2.24) is 5.32 Å². The summed E-state index contributed by atoms with van der Waals surface area (Å²) < 4.78 is 5.43. The van der Waals surface area contributed by atoms with Crippen LogP contribution >= 0.6 is 0 Å². The molecule has 0 aromatic rings. The highest BCUT2D eigenvalue weighted by Crippen LogP contribution is 2.16. The second-order valence-corrected chi connectivity index (χ2v) is 19.3. The van der Waals surface area contributed by atoms with Gasteiger partial charge in [0.15, 0.2) is 0 Å². The van der Waals surface area contributed by atoms with E-state index in [4.69, 9.17) is 4.74 Å². The molecule has 2 atom stereocenters. The smallest absolute Gasteiger partial charge is 0.305 e. The number of carbonyl (C=O) groups excluding carboxylic acids is 2. The molecule has 0 bridgehead atoms. The van der Waals surface area contributed by atoms with Gasteiger partial charge in [0.25, 0.3) is 0 Å². The minimum absolute atomic E-state index is 0.0224. The molecule has 0 aliphatic heterocycles. The van der Waals surface area contributed by atoms with E-state index >= 15 is 0 Å². The van der Waals surface area contributed by atoms with Crippen molar-refractivity contribution in [3.05, 3.63) is 36.5 Å². The van der Waals surface area contributed by atoms with Crippen LogP contribution in [-0.2, 0) is 14.3 Å². The van der Waals surface area contributed by atoms with Crippen molar-refractivity contribution in [3.8, 4) is 0 Å². The highest BCUT2D eigenvalue weighted by molar-refractivity contribution is 5.76. The highest BCUT2D eigenvalue weighted by Gasteiger charge is 2.18. The fraction of sp³-hybridized carbons (Fsp3) is 0.862. The second kappa shape index (κ2) is 53.7. The maximum atomic E-state index is 12.5. The molecule has 0 aliphatic rings. The fourth-order valence-electron chi connectivity index (χ4n) is 8.49. The molecule has 0 aromatic carbocycles. The zero-order chi connectivity index (χ0) is 46.5. The predicted octanol–water partition coefficient (Wildman–Crippen LogP) is 17.2. The Hall–Kier alpha value is -1.92. The standard InChI is InChI=1S/C58H109NO5/c1-3-5-7-9-11-13-15-16-17-18-19-20-21-22-24-27-31-34-38-42-46-50-56(61)55(54-60)59-57(62)51-47-43-39-35-32-28-25-23-26-29-33-37-41-45-49-53-64-58(63)52-48-44-40-36-30-14-12-10-8-6-4-2/h10,12,26,29,46,50,55-56,60-61H,3-9,11,13-25,27-28,30-45,47-49,51-54H2,1-2H3,(H,59,62)/b12-10-,29-26-,50-46+. The van der Waals surface area contributed by atoms with Gasteiger partial charge in [0, 0.05) is 12.8 Å². The Kier molecular flexibility index (Phi) is 52.1. The van der Waals surface area contributed by atoms with Crippen molar-refractivity contribution in [3.63, 3.8) is 0 Å². The number of aliphatic hydroxyl groups is 2. The average molecular weight is 901 g/mol. The van der Waals surface area contributed by atoms with Crippen molar-refractivity contribution in [2.45, 2.75) is 309 Å². The maximum Gasteiger partial charge on any atom is 0.305 e. The van der Waals surface area contributed by atoms with Crippen molar-refractivity contribution < 1.29 is 24.5 Å². The second-order valence-electron chi connectivity index (χ2n) is 19.3. The van der Waals surface area contributed by atoms with Crippen molar-refractivity contribution in [2.24, 2.45) is 0 Å². The Morgan fingerprint density at radius 1 is 0.422 bits per heavy atom. The van der Waals surface area contributed by atoms with Crippen molar-refractivity contribution in [2.75, 3.05) is 13.2 Å². The van der Waals surface area contributed by atoms with Crippen LogP contribution in [0.3, 0.4) is 0 Å². The Morgan fingerprint density at radius 3 is 1.16 bits per heavy atom. The van der Waals surface area contributed by atoms with Crippen LogP contribution in [-0.4, -0.2) is 47.4 Å². The summed E-state index contributed by atoms with van der Waals surface area (Å²) in [7, 11) is 0. The zero-order valence-electron chi connectivity index (χ0n) is 42.8.